The van der Waals surface area contributed by atoms with Gasteiger partial charge in [-0.25, -0.2) is 0 Å². The Kier molecular flexibility index (Phi) is 4.52. The van der Waals surface area contributed by atoms with Crippen LogP contribution in [-0.4, -0.2) is 26.0 Å². The molecule has 122 valence electrons. The van der Waals surface area contributed by atoms with Crippen LogP contribution < -0.4 is 24.3 Å². The molecule has 1 aromatic heterocycles. The van der Waals surface area contributed by atoms with E-state index < -0.39 is 0 Å². The van der Waals surface area contributed by atoms with Gasteiger partial charge in [0.15, 0.2) is 23.0 Å². The van der Waals surface area contributed by atoms with Crippen molar-refractivity contribution in [2.75, 3.05) is 21.0 Å². The van der Waals surface area contributed by atoms with Crippen molar-refractivity contribution in [3.05, 3.63) is 41.7 Å². The van der Waals surface area contributed by atoms with Crippen molar-refractivity contribution in [2.24, 2.45) is 0 Å². The average Bonchev–Trinajstić information content (AvgIpc) is 3.06. The van der Waals surface area contributed by atoms with E-state index in [1.165, 1.54) is 0 Å². The maximum atomic E-state index is 5.42. The summed E-state index contributed by atoms with van der Waals surface area (Å²) in [4.78, 5) is 4.37. The van der Waals surface area contributed by atoms with Crippen molar-refractivity contribution in [3.63, 3.8) is 0 Å². The Morgan fingerprint density at radius 2 is 2.00 bits per heavy atom. The molecule has 1 aliphatic heterocycles. The number of hydrogen-bond donors (Lipinski definition) is 1. The predicted octanol–water partition coefficient (Wildman–Crippen LogP) is 2.68. The molecular formula is C17H20N2O4. The Balaban J connectivity index is 1.71. The third kappa shape index (κ3) is 3.17. The Morgan fingerprint density at radius 3 is 2.78 bits per heavy atom. The monoisotopic (exact) mass is 316 g/mol. The van der Waals surface area contributed by atoms with Gasteiger partial charge in [-0.1, -0.05) is 6.07 Å². The highest BCUT2D eigenvalue weighted by Crippen LogP contribution is 2.34. The number of nitrogens with zero attached hydrogens (tertiary/aromatic N) is 1. The summed E-state index contributed by atoms with van der Waals surface area (Å²) < 4.78 is 21.5. The molecule has 1 aliphatic rings. The molecule has 2 heterocycles. The quantitative estimate of drug-likeness (QED) is 0.884. The van der Waals surface area contributed by atoms with Gasteiger partial charge in [-0.15, -0.1) is 0 Å². The number of pyridine rings is 1. The minimum atomic E-state index is 0.127. The summed E-state index contributed by atoms with van der Waals surface area (Å²) in [5, 5.41) is 3.44. The molecule has 1 N–H and O–H groups in total. The maximum absolute atomic E-state index is 5.42. The van der Waals surface area contributed by atoms with E-state index in [2.05, 4.69) is 17.2 Å². The summed E-state index contributed by atoms with van der Waals surface area (Å²) >= 11 is 0. The van der Waals surface area contributed by atoms with E-state index in [1.807, 2.05) is 18.2 Å². The second kappa shape index (κ2) is 6.75. The van der Waals surface area contributed by atoms with Gasteiger partial charge in [0.2, 0.25) is 6.79 Å². The van der Waals surface area contributed by atoms with Crippen LogP contribution in [0.4, 0.5) is 0 Å². The molecular weight excluding hydrogens is 296 g/mol. The zero-order valence-corrected chi connectivity index (χ0v) is 13.5. The summed E-state index contributed by atoms with van der Waals surface area (Å²) in [6, 6.07) is 7.86. The van der Waals surface area contributed by atoms with Gasteiger partial charge < -0.3 is 24.3 Å². The highest BCUT2D eigenvalue weighted by molar-refractivity contribution is 5.45. The van der Waals surface area contributed by atoms with E-state index in [9.17, 15) is 0 Å². The van der Waals surface area contributed by atoms with Gasteiger partial charge >= 0.3 is 0 Å². The van der Waals surface area contributed by atoms with Crippen LogP contribution in [-0.2, 0) is 6.54 Å². The minimum Gasteiger partial charge on any atom is -0.493 e. The smallest absolute Gasteiger partial charge is 0.231 e. The van der Waals surface area contributed by atoms with E-state index in [4.69, 9.17) is 18.9 Å². The number of hydrogen-bond acceptors (Lipinski definition) is 6. The SMILES string of the molecule is COc1ccnc(CNC(C)c2ccc3c(c2)OCO3)c1OC. The van der Waals surface area contributed by atoms with Crippen LogP contribution in [0, 0.1) is 0 Å². The zero-order valence-electron chi connectivity index (χ0n) is 13.5. The second-order valence-electron chi connectivity index (χ2n) is 5.21. The van der Waals surface area contributed by atoms with Gasteiger partial charge in [-0.2, -0.15) is 0 Å². The Labute approximate surface area is 135 Å². The third-order valence-corrected chi connectivity index (χ3v) is 3.84. The molecule has 1 aromatic carbocycles. The summed E-state index contributed by atoms with van der Waals surface area (Å²) in [5.41, 5.74) is 1.93. The number of fused-ring (bicyclic) bond motifs is 1. The number of benzene rings is 1. The minimum absolute atomic E-state index is 0.127. The van der Waals surface area contributed by atoms with Crippen molar-refractivity contribution in [2.45, 2.75) is 19.5 Å². The molecule has 3 rings (SSSR count). The number of aromatic nitrogens is 1. The van der Waals surface area contributed by atoms with Gasteiger partial charge in [-0.3, -0.25) is 4.98 Å². The van der Waals surface area contributed by atoms with Crippen molar-refractivity contribution in [3.8, 4) is 23.0 Å². The van der Waals surface area contributed by atoms with Crippen LogP contribution in [0.1, 0.15) is 24.2 Å². The molecule has 0 radical (unpaired) electrons. The molecule has 1 unspecified atom stereocenters. The van der Waals surface area contributed by atoms with Crippen LogP contribution in [0.15, 0.2) is 30.5 Å². The lowest BCUT2D eigenvalue weighted by Gasteiger charge is -2.16. The van der Waals surface area contributed by atoms with Gasteiger partial charge in [0, 0.05) is 24.8 Å². The van der Waals surface area contributed by atoms with Crippen LogP contribution in [0.2, 0.25) is 0 Å². The standard InChI is InChI=1S/C17H20N2O4/c1-11(12-4-5-14-16(8-12)23-10-22-14)19-9-13-17(21-3)15(20-2)6-7-18-13/h4-8,11,19H,9-10H2,1-3H3. The maximum Gasteiger partial charge on any atom is 0.231 e. The summed E-state index contributed by atoms with van der Waals surface area (Å²) in [5.74, 6) is 2.90. The molecule has 0 amide bonds. The first-order chi connectivity index (χ1) is 11.2. The summed E-state index contributed by atoms with van der Waals surface area (Å²) in [7, 11) is 3.23. The van der Waals surface area contributed by atoms with Crippen LogP contribution >= 0.6 is 0 Å². The van der Waals surface area contributed by atoms with Crippen molar-refractivity contribution < 1.29 is 18.9 Å². The van der Waals surface area contributed by atoms with E-state index in [0.29, 0.717) is 18.0 Å². The number of nitrogens with one attached hydrogen (secondary N) is 1. The summed E-state index contributed by atoms with van der Waals surface area (Å²) in [6.45, 7) is 2.94. The predicted molar refractivity (Wildman–Crippen MR) is 85.2 cm³/mol. The molecule has 6 heteroatoms. The molecule has 0 bridgehead atoms. The molecule has 2 aromatic rings. The fraction of sp³-hybridized carbons (Fsp3) is 0.353. The Hall–Kier alpha value is -2.47. The molecule has 0 fully saturated rings. The highest BCUT2D eigenvalue weighted by atomic mass is 16.7. The number of rotatable bonds is 6. The Bertz CT molecular complexity index is 690. The van der Waals surface area contributed by atoms with E-state index >= 15 is 0 Å². The van der Waals surface area contributed by atoms with Crippen molar-refractivity contribution >= 4 is 0 Å². The average molecular weight is 316 g/mol. The molecule has 6 nitrogen and oxygen atoms in total. The van der Waals surface area contributed by atoms with Crippen molar-refractivity contribution in [1.82, 2.24) is 10.3 Å². The molecule has 0 aliphatic carbocycles. The van der Waals surface area contributed by atoms with Crippen LogP contribution in [0.25, 0.3) is 0 Å². The lowest BCUT2D eigenvalue weighted by Crippen LogP contribution is -2.19. The lowest BCUT2D eigenvalue weighted by atomic mass is 10.1. The highest BCUT2D eigenvalue weighted by Gasteiger charge is 2.17. The van der Waals surface area contributed by atoms with Crippen LogP contribution in [0.5, 0.6) is 23.0 Å². The first-order valence-electron chi connectivity index (χ1n) is 7.41. The van der Waals surface area contributed by atoms with Gasteiger partial charge in [-0.05, 0) is 24.6 Å². The van der Waals surface area contributed by atoms with Crippen LogP contribution in [0.3, 0.4) is 0 Å². The normalized spacial score (nSPS) is 13.7. The van der Waals surface area contributed by atoms with E-state index in [-0.39, 0.29) is 12.8 Å². The lowest BCUT2D eigenvalue weighted by molar-refractivity contribution is 0.174. The molecule has 0 saturated carbocycles. The molecule has 0 spiro atoms. The van der Waals surface area contributed by atoms with Gasteiger partial charge in [0.05, 0.1) is 19.9 Å². The second-order valence-corrected chi connectivity index (χ2v) is 5.21. The zero-order chi connectivity index (χ0) is 16.2. The number of methoxy groups -OCH3 is 2. The third-order valence-electron chi connectivity index (χ3n) is 3.84. The van der Waals surface area contributed by atoms with E-state index in [1.54, 1.807) is 26.5 Å². The first-order valence-corrected chi connectivity index (χ1v) is 7.41. The van der Waals surface area contributed by atoms with Crippen molar-refractivity contribution in [1.29, 1.82) is 0 Å². The Morgan fingerprint density at radius 1 is 1.17 bits per heavy atom. The molecule has 0 saturated heterocycles. The first kappa shape index (κ1) is 15.4. The van der Waals surface area contributed by atoms with E-state index in [0.717, 1.165) is 22.8 Å². The summed E-state index contributed by atoms with van der Waals surface area (Å²) in [6.07, 6.45) is 1.71. The largest absolute Gasteiger partial charge is 0.493 e. The van der Waals surface area contributed by atoms with Gasteiger partial charge in [0.1, 0.15) is 0 Å². The molecule has 1 atom stereocenters. The molecule has 23 heavy (non-hydrogen) atoms. The van der Waals surface area contributed by atoms with Gasteiger partial charge in [0.25, 0.3) is 0 Å². The number of ether oxygens (including phenoxy) is 4. The fourth-order valence-corrected chi connectivity index (χ4v) is 2.53. The topological polar surface area (TPSA) is 61.8 Å². The fourth-order valence-electron chi connectivity index (χ4n) is 2.53.